The number of halogens is 1. The topological polar surface area (TPSA) is 9.23 Å². The fraction of sp³-hybridized carbons (Fsp3) is 0.500. The monoisotopic (exact) mass is 158 g/mol. The highest BCUT2D eigenvalue weighted by atomic mass is 35.5. The normalized spacial score (nSPS) is 24.2. The zero-order valence-corrected chi connectivity index (χ0v) is 6.77. The molecule has 0 heterocycles. The zero-order chi connectivity index (χ0) is 7.40. The Morgan fingerprint density at radius 2 is 2.60 bits per heavy atom. The average molecular weight is 159 g/mol. The molecule has 0 bridgehead atoms. The molecule has 1 nitrogen and oxygen atoms in total. The summed E-state index contributed by atoms with van der Waals surface area (Å²) in [6, 6.07) is 0.239. The van der Waals surface area contributed by atoms with Crippen molar-refractivity contribution in [3.8, 4) is 0 Å². The molecule has 0 aromatic carbocycles. The highest BCUT2D eigenvalue weighted by Gasteiger charge is 2.03. The number of hydrogen-bond acceptors (Lipinski definition) is 1. The Bertz CT molecular complexity index is 161. The first-order valence-electron chi connectivity index (χ1n) is 3.40. The molecule has 0 aromatic heterocycles. The van der Waals surface area contributed by atoms with Crippen molar-refractivity contribution in [2.75, 3.05) is 6.07 Å². The summed E-state index contributed by atoms with van der Waals surface area (Å²) in [5.41, 5.74) is 0. The van der Waals surface area contributed by atoms with Crippen LogP contribution < -0.4 is 0 Å². The summed E-state index contributed by atoms with van der Waals surface area (Å²) in [6.45, 7) is 2.15. The number of alkyl halides is 1. The molecule has 0 aliphatic heterocycles. The third-order valence-electron chi connectivity index (χ3n) is 1.46. The molecule has 0 N–H and O–H groups in total. The first-order valence-corrected chi connectivity index (χ1v) is 3.93. The van der Waals surface area contributed by atoms with Crippen LogP contribution in [0.2, 0.25) is 0 Å². The summed E-state index contributed by atoms with van der Waals surface area (Å²) < 4.78 is 5.09. The Labute approximate surface area is 66.3 Å². The molecule has 0 fully saturated rings. The predicted molar refractivity (Wildman–Crippen MR) is 42.8 cm³/mol. The second kappa shape index (κ2) is 3.67. The molecule has 0 aromatic rings. The summed E-state index contributed by atoms with van der Waals surface area (Å²) in [5, 5.41) is 0. The molecular formula is C8H11ClO. The van der Waals surface area contributed by atoms with Crippen LogP contribution in [0.25, 0.3) is 0 Å². The van der Waals surface area contributed by atoms with E-state index < -0.39 is 0 Å². The van der Waals surface area contributed by atoms with Crippen LogP contribution in [-0.2, 0) is 4.74 Å². The van der Waals surface area contributed by atoms with Gasteiger partial charge in [0.1, 0.15) is 5.76 Å². The summed E-state index contributed by atoms with van der Waals surface area (Å²) in [5.74, 6) is 1.48. The molecule has 56 valence electrons. The third kappa shape index (κ3) is 2.07. The van der Waals surface area contributed by atoms with Crippen LogP contribution >= 0.6 is 11.6 Å². The van der Waals surface area contributed by atoms with Crippen LogP contribution in [0, 0.1) is 5.92 Å². The summed E-state index contributed by atoms with van der Waals surface area (Å²) >= 11 is 5.39. The maximum absolute atomic E-state index is 5.39. The largest absolute Gasteiger partial charge is 0.478 e. The lowest BCUT2D eigenvalue weighted by molar-refractivity contribution is 0.277. The van der Waals surface area contributed by atoms with Gasteiger partial charge in [-0.25, -0.2) is 0 Å². The Morgan fingerprint density at radius 1 is 1.80 bits per heavy atom. The fourth-order valence-corrected chi connectivity index (χ4v) is 1.09. The lowest BCUT2D eigenvalue weighted by Gasteiger charge is -2.11. The molecular weight excluding hydrogens is 148 g/mol. The Balaban J connectivity index is 2.49. The fourth-order valence-electron chi connectivity index (χ4n) is 0.962. The van der Waals surface area contributed by atoms with Crippen molar-refractivity contribution in [3.05, 3.63) is 24.0 Å². The van der Waals surface area contributed by atoms with Gasteiger partial charge in [-0.3, -0.25) is 0 Å². The second-order valence-corrected chi connectivity index (χ2v) is 2.66. The van der Waals surface area contributed by atoms with E-state index in [9.17, 15) is 0 Å². The SMILES string of the molecule is CC1C=C(OCCl)C=CC1. The van der Waals surface area contributed by atoms with Gasteiger partial charge in [-0.15, -0.1) is 0 Å². The summed E-state index contributed by atoms with van der Waals surface area (Å²) in [4.78, 5) is 0. The molecule has 0 radical (unpaired) electrons. The third-order valence-corrected chi connectivity index (χ3v) is 1.57. The molecule has 1 rings (SSSR count). The van der Waals surface area contributed by atoms with E-state index in [1.165, 1.54) is 0 Å². The lowest BCUT2D eigenvalue weighted by atomic mass is 10.0. The van der Waals surface area contributed by atoms with Crippen LogP contribution in [0.3, 0.4) is 0 Å². The van der Waals surface area contributed by atoms with Crippen molar-refractivity contribution in [3.63, 3.8) is 0 Å². The summed E-state index contributed by atoms with van der Waals surface area (Å²) in [7, 11) is 0. The van der Waals surface area contributed by atoms with Crippen molar-refractivity contribution in [2.45, 2.75) is 13.3 Å². The quantitative estimate of drug-likeness (QED) is 0.562. The van der Waals surface area contributed by atoms with Crippen molar-refractivity contribution in [2.24, 2.45) is 5.92 Å². The molecule has 1 aliphatic carbocycles. The Hall–Kier alpha value is -0.430. The maximum Gasteiger partial charge on any atom is 0.162 e. The van der Waals surface area contributed by atoms with Crippen LogP contribution in [0.15, 0.2) is 24.0 Å². The van der Waals surface area contributed by atoms with E-state index in [0.29, 0.717) is 5.92 Å². The van der Waals surface area contributed by atoms with Crippen LogP contribution in [0.1, 0.15) is 13.3 Å². The van der Waals surface area contributed by atoms with Gasteiger partial charge in [-0.1, -0.05) is 24.6 Å². The van der Waals surface area contributed by atoms with Crippen molar-refractivity contribution < 1.29 is 4.74 Å². The van der Waals surface area contributed by atoms with E-state index in [0.717, 1.165) is 12.2 Å². The van der Waals surface area contributed by atoms with Gasteiger partial charge >= 0.3 is 0 Å². The number of rotatable bonds is 2. The second-order valence-electron chi connectivity index (χ2n) is 2.44. The molecule has 0 saturated heterocycles. The minimum atomic E-state index is 0.239. The van der Waals surface area contributed by atoms with Gasteiger partial charge < -0.3 is 4.74 Å². The summed E-state index contributed by atoms with van der Waals surface area (Å²) in [6.07, 6.45) is 7.26. The average Bonchev–Trinajstić information content (AvgIpc) is 1.88. The molecule has 1 atom stereocenters. The van der Waals surface area contributed by atoms with Gasteiger partial charge in [0.25, 0.3) is 0 Å². The van der Waals surface area contributed by atoms with Gasteiger partial charge in [0.2, 0.25) is 0 Å². The van der Waals surface area contributed by atoms with Crippen molar-refractivity contribution in [1.82, 2.24) is 0 Å². The van der Waals surface area contributed by atoms with E-state index in [1.54, 1.807) is 0 Å². The van der Waals surface area contributed by atoms with E-state index >= 15 is 0 Å². The van der Waals surface area contributed by atoms with E-state index in [2.05, 4.69) is 19.1 Å². The molecule has 0 amide bonds. The predicted octanol–water partition coefficient (Wildman–Crippen LogP) is 2.68. The van der Waals surface area contributed by atoms with Crippen molar-refractivity contribution in [1.29, 1.82) is 0 Å². The van der Waals surface area contributed by atoms with Gasteiger partial charge in [0, 0.05) is 0 Å². The first kappa shape index (κ1) is 7.67. The Morgan fingerprint density at radius 3 is 3.20 bits per heavy atom. The molecule has 2 heteroatoms. The van der Waals surface area contributed by atoms with Gasteiger partial charge in [-0.2, -0.15) is 0 Å². The van der Waals surface area contributed by atoms with E-state index in [1.807, 2.05) is 6.08 Å². The first-order chi connectivity index (χ1) is 4.83. The highest BCUT2D eigenvalue weighted by Crippen LogP contribution is 2.16. The standard InChI is InChI=1S/C8H11ClO/c1-7-3-2-4-8(5-7)10-6-9/h2,4-5,7H,3,6H2,1H3. The van der Waals surface area contributed by atoms with Crippen LogP contribution in [0.4, 0.5) is 0 Å². The molecule has 0 spiro atoms. The smallest absolute Gasteiger partial charge is 0.162 e. The molecule has 0 saturated carbocycles. The highest BCUT2D eigenvalue weighted by molar-refractivity contribution is 6.17. The molecule has 1 unspecified atom stereocenters. The minimum absolute atomic E-state index is 0.239. The molecule has 1 aliphatic rings. The number of ether oxygens (including phenoxy) is 1. The minimum Gasteiger partial charge on any atom is -0.478 e. The number of hydrogen-bond donors (Lipinski definition) is 0. The van der Waals surface area contributed by atoms with E-state index in [-0.39, 0.29) is 6.07 Å². The van der Waals surface area contributed by atoms with Gasteiger partial charge in [0.15, 0.2) is 6.07 Å². The van der Waals surface area contributed by atoms with Gasteiger partial charge in [0.05, 0.1) is 0 Å². The van der Waals surface area contributed by atoms with Crippen molar-refractivity contribution >= 4 is 11.6 Å². The van der Waals surface area contributed by atoms with Crippen LogP contribution in [-0.4, -0.2) is 6.07 Å². The van der Waals surface area contributed by atoms with E-state index in [4.69, 9.17) is 16.3 Å². The lowest BCUT2D eigenvalue weighted by Crippen LogP contribution is -1.97. The zero-order valence-electron chi connectivity index (χ0n) is 6.01. The maximum atomic E-state index is 5.39. The number of allylic oxidation sites excluding steroid dienone is 3. The van der Waals surface area contributed by atoms with Crippen LogP contribution in [0.5, 0.6) is 0 Å². The molecule has 10 heavy (non-hydrogen) atoms. The Kier molecular flexibility index (Phi) is 2.82. The van der Waals surface area contributed by atoms with Gasteiger partial charge in [-0.05, 0) is 24.5 Å².